The van der Waals surface area contributed by atoms with Gasteiger partial charge in [0.1, 0.15) is 30.2 Å². The highest BCUT2D eigenvalue weighted by atomic mass is 16.7. The molecule has 2 aliphatic carbocycles. The molecule has 0 bridgehead atoms. The van der Waals surface area contributed by atoms with Crippen LogP contribution < -0.4 is 4.74 Å². The van der Waals surface area contributed by atoms with Crippen LogP contribution in [0.25, 0.3) is 0 Å². The van der Waals surface area contributed by atoms with Gasteiger partial charge in [0.05, 0.1) is 29.9 Å². The fraction of sp³-hybridized carbons (Fsp3) is 0.519. The van der Waals surface area contributed by atoms with Gasteiger partial charge in [-0.25, -0.2) is 0 Å². The summed E-state index contributed by atoms with van der Waals surface area (Å²) in [5, 5.41) is 62.4. The van der Waals surface area contributed by atoms with Gasteiger partial charge in [0, 0.05) is 0 Å². The predicted molar refractivity (Wildman–Crippen MR) is 125 cm³/mol. The second-order valence-electron chi connectivity index (χ2n) is 9.94. The van der Waals surface area contributed by atoms with Gasteiger partial charge < -0.3 is 35.0 Å². The minimum absolute atomic E-state index is 0.0462. The van der Waals surface area contributed by atoms with Gasteiger partial charge in [-0.2, -0.15) is 5.26 Å². The van der Waals surface area contributed by atoms with Crippen molar-refractivity contribution in [3.63, 3.8) is 0 Å². The highest BCUT2D eigenvalue weighted by Gasteiger charge is 2.55. The number of ether oxygens (including phenoxy) is 2. The standard InChI is InChI=1S/C27H31NO7/c28-13-19-12-22(34-20-2-1-3-20)21(27(33)26(32)25(31)24(30)23(14-29)35-27)11-18(19)10-15-4-6-16(7-5-15)17-8-9-17/h4-7,11-12,17,20,23-26,29-33H,1-3,8-10,14H2/t23-,24-,25+,26-,27+/m1/s1. The highest BCUT2D eigenvalue weighted by molar-refractivity contribution is 5.52. The first-order chi connectivity index (χ1) is 16.8. The van der Waals surface area contributed by atoms with Crippen LogP contribution in [0.1, 0.15) is 65.8 Å². The Morgan fingerprint density at radius 2 is 1.74 bits per heavy atom. The van der Waals surface area contributed by atoms with E-state index in [1.807, 2.05) is 12.1 Å². The lowest BCUT2D eigenvalue weighted by atomic mass is 9.85. The van der Waals surface area contributed by atoms with E-state index in [0.29, 0.717) is 23.5 Å². The molecule has 2 saturated carbocycles. The molecule has 0 spiro atoms. The SMILES string of the molecule is N#Cc1cc(OC2CCC2)c([C@]2(O)O[C@H](CO)[C@@H](O)[C@H](O)[C@H]2O)cc1Cc1ccc(C2CC2)cc1. The van der Waals surface area contributed by atoms with E-state index in [-0.39, 0.29) is 17.4 Å². The van der Waals surface area contributed by atoms with Crippen LogP contribution in [0.15, 0.2) is 36.4 Å². The van der Waals surface area contributed by atoms with Gasteiger partial charge in [-0.1, -0.05) is 24.3 Å². The van der Waals surface area contributed by atoms with E-state index in [1.165, 1.54) is 24.5 Å². The molecule has 0 amide bonds. The van der Waals surface area contributed by atoms with E-state index in [0.717, 1.165) is 24.8 Å². The minimum atomic E-state index is -2.47. The zero-order valence-corrected chi connectivity index (χ0v) is 19.4. The predicted octanol–water partition coefficient (Wildman–Crippen LogP) is 1.58. The summed E-state index contributed by atoms with van der Waals surface area (Å²) in [4.78, 5) is 0. The Balaban J connectivity index is 1.55. The average molecular weight is 482 g/mol. The molecular weight excluding hydrogens is 450 g/mol. The molecule has 1 saturated heterocycles. The van der Waals surface area contributed by atoms with E-state index < -0.39 is 36.8 Å². The molecule has 1 heterocycles. The van der Waals surface area contributed by atoms with Crippen LogP contribution in [0.4, 0.5) is 0 Å². The quantitative estimate of drug-likeness (QED) is 0.401. The maximum atomic E-state index is 11.5. The molecule has 3 aliphatic rings. The van der Waals surface area contributed by atoms with Gasteiger partial charge in [-0.3, -0.25) is 0 Å². The molecule has 5 N–H and O–H groups in total. The zero-order chi connectivity index (χ0) is 24.7. The molecule has 0 aromatic heterocycles. The number of rotatable bonds is 7. The number of aliphatic hydroxyl groups is 5. The molecule has 3 fully saturated rings. The number of benzene rings is 2. The molecular formula is C27H31NO7. The summed E-state index contributed by atoms with van der Waals surface area (Å²) >= 11 is 0. The van der Waals surface area contributed by atoms with E-state index >= 15 is 0 Å². The van der Waals surface area contributed by atoms with Gasteiger partial charge in [0.2, 0.25) is 5.79 Å². The summed E-state index contributed by atoms with van der Waals surface area (Å²) in [5.41, 5.74) is 3.28. The van der Waals surface area contributed by atoms with Gasteiger partial charge in [0.25, 0.3) is 0 Å². The molecule has 1 aliphatic heterocycles. The molecule has 5 atom stereocenters. The summed E-state index contributed by atoms with van der Waals surface area (Å²) in [5.74, 6) is -1.67. The number of nitriles is 1. The van der Waals surface area contributed by atoms with Crippen molar-refractivity contribution in [2.75, 3.05) is 6.61 Å². The molecule has 5 rings (SSSR count). The van der Waals surface area contributed by atoms with Crippen LogP contribution in [0.2, 0.25) is 0 Å². The van der Waals surface area contributed by atoms with Crippen molar-refractivity contribution in [2.45, 2.75) is 80.7 Å². The summed E-state index contributed by atoms with van der Waals surface area (Å²) in [6.45, 7) is -0.678. The molecule has 35 heavy (non-hydrogen) atoms. The number of hydrogen-bond donors (Lipinski definition) is 5. The Kier molecular flexibility index (Phi) is 6.57. The van der Waals surface area contributed by atoms with Crippen molar-refractivity contribution in [2.24, 2.45) is 0 Å². The summed E-state index contributed by atoms with van der Waals surface area (Å²) in [7, 11) is 0. The van der Waals surface area contributed by atoms with Gasteiger partial charge in [0.15, 0.2) is 0 Å². The van der Waals surface area contributed by atoms with E-state index in [2.05, 4.69) is 18.2 Å². The van der Waals surface area contributed by atoms with E-state index in [9.17, 15) is 30.8 Å². The molecule has 0 radical (unpaired) electrons. The lowest BCUT2D eigenvalue weighted by Crippen LogP contribution is -2.63. The first kappa shape index (κ1) is 24.2. The second-order valence-corrected chi connectivity index (χ2v) is 9.94. The first-order valence-electron chi connectivity index (χ1n) is 12.2. The fourth-order valence-electron chi connectivity index (χ4n) is 4.84. The Bertz CT molecular complexity index is 1100. The van der Waals surface area contributed by atoms with Crippen molar-refractivity contribution < 1.29 is 35.0 Å². The minimum Gasteiger partial charge on any atom is -0.490 e. The van der Waals surface area contributed by atoms with Gasteiger partial charge >= 0.3 is 0 Å². The molecule has 0 unspecified atom stereocenters. The van der Waals surface area contributed by atoms with E-state index in [4.69, 9.17) is 9.47 Å². The summed E-state index contributed by atoms with van der Waals surface area (Å²) < 4.78 is 11.7. The third-order valence-corrected chi connectivity index (χ3v) is 7.45. The topological polar surface area (TPSA) is 143 Å². The molecule has 8 nitrogen and oxygen atoms in total. The number of aliphatic hydroxyl groups excluding tert-OH is 4. The Labute approximate surface area is 204 Å². The van der Waals surface area contributed by atoms with Crippen molar-refractivity contribution in [1.29, 1.82) is 5.26 Å². The van der Waals surface area contributed by atoms with Gasteiger partial charge in [-0.05, 0) is 73.3 Å². The fourth-order valence-corrected chi connectivity index (χ4v) is 4.84. The Hall–Kier alpha value is -2.51. The second kappa shape index (κ2) is 9.51. The normalized spacial score (nSPS) is 31.0. The van der Waals surface area contributed by atoms with Crippen molar-refractivity contribution in [3.05, 3.63) is 64.2 Å². The van der Waals surface area contributed by atoms with Crippen molar-refractivity contribution >= 4 is 0 Å². The van der Waals surface area contributed by atoms with Crippen LogP contribution in [0, 0.1) is 11.3 Å². The molecule has 186 valence electrons. The van der Waals surface area contributed by atoms with Crippen molar-refractivity contribution in [3.8, 4) is 11.8 Å². The van der Waals surface area contributed by atoms with E-state index in [1.54, 1.807) is 6.07 Å². The number of nitrogens with zero attached hydrogens (tertiary/aromatic N) is 1. The molecule has 2 aromatic carbocycles. The largest absolute Gasteiger partial charge is 0.490 e. The smallest absolute Gasteiger partial charge is 0.226 e. The summed E-state index contributed by atoms with van der Waals surface area (Å²) in [6.07, 6.45) is -1.25. The molecule has 8 heteroatoms. The Morgan fingerprint density at radius 3 is 2.31 bits per heavy atom. The van der Waals surface area contributed by atoms with Crippen LogP contribution in [0.3, 0.4) is 0 Å². The van der Waals surface area contributed by atoms with Gasteiger partial charge in [-0.15, -0.1) is 0 Å². The Morgan fingerprint density at radius 1 is 1.03 bits per heavy atom. The maximum absolute atomic E-state index is 11.5. The molecule has 2 aromatic rings. The zero-order valence-electron chi connectivity index (χ0n) is 19.4. The third kappa shape index (κ3) is 4.56. The third-order valence-electron chi connectivity index (χ3n) is 7.45. The van der Waals surface area contributed by atoms with Crippen LogP contribution in [0.5, 0.6) is 5.75 Å². The van der Waals surface area contributed by atoms with Crippen LogP contribution in [-0.4, -0.2) is 62.7 Å². The first-order valence-corrected chi connectivity index (χ1v) is 12.2. The number of hydrogen-bond acceptors (Lipinski definition) is 8. The lowest BCUT2D eigenvalue weighted by molar-refractivity contribution is -0.358. The van der Waals surface area contributed by atoms with Crippen LogP contribution >= 0.6 is 0 Å². The van der Waals surface area contributed by atoms with Crippen LogP contribution in [-0.2, 0) is 16.9 Å². The van der Waals surface area contributed by atoms with Crippen molar-refractivity contribution in [1.82, 2.24) is 0 Å². The lowest BCUT2D eigenvalue weighted by Gasteiger charge is -2.46. The highest BCUT2D eigenvalue weighted by Crippen LogP contribution is 2.43. The summed E-state index contributed by atoms with van der Waals surface area (Å²) in [6, 6.07) is 13.5. The average Bonchev–Trinajstić information content (AvgIpc) is 3.69. The maximum Gasteiger partial charge on any atom is 0.226 e. The monoisotopic (exact) mass is 481 g/mol.